The summed E-state index contributed by atoms with van der Waals surface area (Å²) >= 11 is 0. The molecule has 3 rings (SSSR count). The van der Waals surface area contributed by atoms with Crippen molar-refractivity contribution in [1.82, 2.24) is 0 Å². The predicted octanol–water partition coefficient (Wildman–Crippen LogP) is -0.475. The van der Waals surface area contributed by atoms with Crippen LogP contribution >= 0.6 is 0 Å². The Bertz CT molecular complexity index is 293. The molecule has 0 amide bonds. The zero-order valence-electron chi connectivity index (χ0n) is 9.35. The Balaban J connectivity index is 0.000000963. The average Bonchev–Trinajstić information content (AvgIpc) is 2.71. The molecule has 0 aromatic heterocycles. The first-order valence-corrected chi connectivity index (χ1v) is 5.45. The van der Waals surface area contributed by atoms with Crippen LogP contribution in [-0.2, 0) is 9.47 Å². The molecule has 3 aliphatic rings. The van der Waals surface area contributed by atoms with E-state index in [1.807, 2.05) is 0 Å². The fraction of sp³-hybridized carbons (Fsp3) is 1.00. The molecular weight excluding hydrogens is 247 g/mol. The Morgan fingerprint density at radius 1 is 1.00 bits per heavy atom. The molecule has 7 heteroatoms. The molecule has 0 N–H and O–H groups in total. The van der Waals surface area contributed by atoms with Crippen molar-refractivity contribution in [3.63, 3.8) is 0 Å². The van der Waals surface area contributed by atoms with Gasteiger partial charge < -0.3 is 22.4 Å². The monoisotopic (exact) mass is 260 g/mol. The first-order valence-electron chi connectivity index (χ1n) is 5.45. The van der Waals surface area contributed by atoms with Gasteiger partial charge in [0.15, 0.2) is 5.79 Å². The van der Waals surface area contributed by atoms with E-state index in [4.69, 9.17) is 9.47 Å². The van der Waals surface area contributed by atoms with Gasteiger partial charge in [-0.3, -0.25) is 0 Å². The van der Waals surface area contributed by atoms with Gasteiger partial charge in [-0.2, -0.15) is 0 Å². The van der Waals surface area contributed by atoms with Crippen LogP contribution in [0.2, 0.25) is 5.31 Å². The summed E-state index contributed by atoms with van der Waals surface area (Å²) in [5.74, 6) is -0.907. The maximum absolute atomic E-state index is 12.8. The topological polar surface area (TPSA) is 18.5 Å². The minimum Gasteiger partial charge on any atom is -0.449 e. The Kier molecular flexibility index (Phi) is 3.64. The van der Waals surface area contributed by atoms with Gasteiger partial charge in [0.1, 0.15) is 0 Å². The molecule has 2 nitrogen and oxygen atoms in total. The van der Waals surface area contributed by atoms with Gasteiger partial charge in [0, 0.05) is 6.42 Å². The molecule has 0 aromatic carbocycles. The third kappa shape index (κ3) is 1.96. The fourth-order valence-electron chi connectivity index (χ4n) is 3.21. The van der Waals surface area contributed by atoms with Crippen molar-refractivity contribution in [3.8, 4) is 0 Å². The molecule has 1 heterocycles. The van der Waals surface area contributed by atoms with Crippen LogP contribution < -0.4 is 51.4 Å². The molecule has 2 atom stereocenters. The molecule has 86 valence electrons. The van der Waals surface area contributed by atoms with Gasteiger partial charge in [-0.05, 0) is 6.42 Å². The summed E-state index contributed by atoms with van der Waals surface area (Å²) in [4.78, 5) is 0. The second-order valence-electron chi connectivity index (χ2n) is 5.02. The molecule has 0 aromatic rings. The Morgan fingerprint density at radius 2 is 1.62 bits per heavy atom. The normalized spacial score (nSPS) is 40.3. The minimum absolute atomic E-state index is 0. The van der Waals surface area contributed by atoms with Gasteiger partial charge in [-0.25, -0.2) is 0 Å². The minimum atomic E-state index is -4.69. The van der Waals surface area contributed by atoms with Gasteiger partial charge in [0.2, 0.25) is 0 Å². The second-order valence-corrected chi connectivity index (χ2v) is 5.02. The summed E-state index contributed by atoms with van der Waals surface area (Å²) in [5.41, 5.74) is 0. The number of hydrogen-bond acceptors (Lipinski definition) is 2. The molecule has 0 bridgehead atoms. The number of hydrogen-bond donors (Lipinski definition) is 0. The van der Waals surface area contributed by atoms with Crippen molar-refractivity contribution in [2.75, 3.05) is 13.2 Å². The quantitative estimate of drug-likeness (QED) is 0.593. The summed E-state index contributed by atoms with van der Waals surface area (Å²) in [6.07, 6.45) is 1.34. The van der Waals surface area contributed by atoms with Gasteiger partial charge in [0.25, 0.3) is 0 Å². The first kappa shape index (κ1) is 13.8. The van der Waals surface area contributed by atoms with Crippen LogP contribution in [0.1, 0.15) is 25.7 Å². The standard InChI is InChI=1S/C9H13BF3O2.K/c11-10(12,13)8-1-2-9(6-7(8)5-8)14-3-4-15-9;/h7H,1-6H2;/q-1;+1. The maximum atomic E-state index is 12.8. The van der Waals surface area contributed by atoms with Crippen molar-refractivity contribution in [1.29, 1.82) is 0 Å². The Morgan fingerprint density at radius 3 is 2.12 bits per heavy atom. The summed E-state index contributed by atoms with van der Waals surface area (Å²) in [6.45, 7) is -3.64. The zero-order valence-corrected chi connectivity index (χ0v) is 12.5. The molecule has 1 aliphatic heterocycles. The van der Waals surface area contributed by atoms with Crippen LogP contribution in [0.4, 0.5) is 12.9 Å². The molecule has 3 fully saturated rings. The molecule has 2 unspecified atom stereocenters. The second kappa shape index (κ2) is 4.21. The van der Waals surface area contributed by atoms with Crippen molar-refractivity contribution < 1.29 is 73.8 Å². The van der Waals surface area contributed by atoms with Crippen molar-refractivity contribution in [2.24, 2.45) is 5.92 Å². The molecule has 2 saturated carbocycles. The zero-order chi connectivity index (χ0) is 10.7. The van der Waals surface area contributed by atoms with Gasteiger partial charge >= 0.3 is 58.4 Å². The summed E-state index contributed by atoms with van der Waals surface area (Å²) in [6, 6.07) is 0. The van der Waals surface area contributed by atoms with Gasteiger partial charge in [0.05, 0.1) is 13.2 Å². The molecule has 16 heavy (non-hydrogen) atoms. The number of halogens is 3. The van der Waals surface area contributed by atoms with E-state index in [9.17, 15) is 12.9 Å². The molecule has 2 aliphatic carbocycles. The summed E-state index contributed by atoms with van der Waals surface area (Å²) < 4.78 is 49.4. The van der Waals surface area contributed by atoms with E-state index < -0.39 is 18.1 Å². The third-order valence-electron chi connectivity index (χ3n) is 4.27. The van der Waals surface area contributed by atoms with E-state index in [1.165, 1.54) is 0 Å². The molecule has 0 radical (unpaired) electrons. The number of fused-ring (bicyclic) bond motifs is 1. The van der Waals surface area contributed by atoms with Crippen LogP contribution in [0, 0.1) is 5.92 Å². The Labute approximate surface area is 135 Å². The molecule has 1 spiro atoms. The van der Waals surface area contributed by atoms with Crippen LogP contribution in [0.5, 0.6) is 0 Å². The van der Waals surface area contributed by atoms with E-state index in [0.717, 1.165) is 0 Å². The first-order chi connectivity index (χ1) is 6.98. The van der Waals surface area contributed by atoms with Gasteiger partial charge in [-0.1, -0.05) is 24.1 Å². The van der Waals surface area contributed by atoms with Gasteiger partial charge in [-0.15, -0.1) is 0 Å². The largest absolute Gasteiger partial charge is 1.00 e. The SMILES string of the molecule is F[B-](F)(F)C12CCC3(CC1C2)OCCO3.[K+]. The van der Waals surface area contributed by atoms with E-state index in [-0.39, 0.29) is 63.7 Å². The van der Waals surface area contributed by atoms with E-state index in [0.29, 0.717) is 32.5 Å². The summed E-state index contributed by atoms with van der Waals surface area (Å²) in [5, 5.41) is -1.33. The Hall–Kier alpha value is 1.41. The maximum Gasteiger partial charge on any atom is 1.00 e. The van der Waals surface area contributed by atoms with Crippen molar-refractivity contribution in [3.05, 3.63) is 0 Å². The van der Waals surface area contributed by atoms with Crippen molar-refractivity contribution >= 4 is 6.98 Å². The van der Waals surface area contributed by atoms with Crippen LogP contribution in [0.15, 0.2) is 0 Å². The molecule has 1 saturated heterocycles. The predicted molar refractivity (Wildman–Crippen MR) is 48.4 cm³/mol. The van der Waals surface area contributed by atoms with Crippen LogP contribution in [0.25, 0.3) is 0 Å². The number of rotatable bonds is 1. The van der Waals surface area contributed by atoms with E-state index >= 15 is 0 Å². The fourth-order valence-corrected chi connectivity index (χ4v) is 3.21. The van der Waals surface area contributed by atoms with E-state index in [2.05, 4.69) is 0 Å². The smallest absolute Gasteiger partial charge is 0.449 e. The summed E-state index contributed by atoms with van der Waals surface area (Å²) in [7, 11) is 0. The molecular formula is C9H13BF3KO2. The van der Waals surface area contributed by atoms with E-state index in [1.54, 1.807) is 0 Å². The van der Waals surface area contributed by atoms with Crippen LogP contribution in [-0.4, -0.2) is 26.0 Å². The van der Waals surface area contributed by atoms with Crippen LogP contribution in [0.3, 0.4) is 0 Å². The third-order valence-corrected chi connectivity index (χ3v) is 4.27. The number of ether oxygens (including phenoxy) is 2. The average molecular weight is 260 g/mol. The van der Waals surface area contributed by atoms with Crippen molar-refractivity contribution in [2.45, 2.75) is 36.8 Å².